The minimum absolute atomic E-state index is 0.109. The predicted octanol–water partition coefficient (Wildman–Crippen LogP) is 3.69. The summed E-state index contributed by atoms with van der Waals surface area (Å²) in [4.78, 5) is 0. The molecule has 2 heteroatoms. The average Bonchev–Trinajstić information content (AvgIpc) is 2.30. The van der Waals surface area contributed by atoms with Gasteiger partial charge in [-0.15, -0.1) is 6.58 Å². The van der Waals surface area contributed by atoms with E-state index in [1.165, 1.54) is 19.3 Å². The van der Waals surface area contributed by atoms with Crippen molar-refractivity contribution in [3.63, 3.8) is 0 Å². The first-order valence-corrected chi connectivity index (χ1v) is 6.43. The molecule has 0 aromatic rings. The topological polar surface area (TPSA) is 33.0 Å². The SMILES string of the molecule is C=CCCOC1CC(CCC)CCC1C#N. The van der Waals surface area contributed by atoms with E-state index in [1.807, 2.05) is 6.08 Å². The molecule has 0 aromatic heterocycles. The van der Waals surface area contributed by atoms with Crippen LogP contribution in [0.15, 0.2) is 12.7 Å². The van der Waals surface area contributed by atoms with Gasteiger partial charge in [-0.3, -0.25) is 0 Å². The van der Waals surface area contributed by atoms with Crippen molar-refractivity contribution in [3.05, 3.63) is 12.7 Å². The molecule has 1 saturated carbocycles. The van der Waals surface area contributed by atoms with Gasteiger partial charge < -0.3 is 4.74 Å². The Morgan fingerprint density at radius 2 is 2.31 bits per heavy atom. The Morgan fingerprint density at radius 1 is 1.50 bits per heavy atom. The van der Waals surface area contributed by atoms with Crippen molar-refractivity contribution in [1.29, 1.82) is 5.26 Å². The molecule has 1 aliphatic carbocycles. The number of nitriles is 1. The highest BCUT2D eigenvalue weighted by atomic mass is 16.5. The van der Waals surface area contributed by atoms with Gasteiger partial charge in [-0.25, -0.2) is 0 Å². The molecule has 0 bridgehead atoms. The van der Waals surface area contributed by atoms with Gasteiger partial charge in [0.05, 0.1) is 24.7 Å². The van der Waals surface area contributed by atoms with Crippen LogP contribution in [0.25, 0.3) is 0 Å². The summed E-state index contributed by atoms with van der Waals surface area (Å²) in [6.07, 6.45) is 8.72. The first kappa shape index (κ1) is 13.3. The molecule has 3 unspecified atom stereocenters. The molecule has 3 atom stereocenters. The van der Waals surface area contributed by atoms with E-state index in [1.54, 1.807) is 0 Å². The highest BCUT2D eigenvalue weighted by Crippen LogP contribution is 2.33. The maximum atomic E-state index is 9.08. The first-order valence-electron chi connectivity index (χ1n) is 6.43. The second kappa shape index (κ2) is 7.46. The number of rotatable bonds is 6. The fourth-order valence-electron chi connectivity index (χ4n) is 2.52. The van der Waals surface area contributed by atoms with E-state index in [0.29, 0.717) is 6.61 Å². The molecule has 0 heterocycles. The van der Waals surface area contributed by atoms with Gasteiger partial charge in [-0.1, -0.05) is 25.8 Å². The van der Waals surface area contributed by atoms with Crippen molar-refractivity contribution in [1.82, 2.24) is 0 Å². The molecule has 1 rings (SSSR count). The number of hydrogen-bond acceptors (Lipinski definition) is 2. The smallest absolute Gasteiger partial charge is 0.0736 e. The molecular formula is C14H23NO. The van der Waals surface area contributed by atoms with Crippen LogP contribution in [-0.4, -0.2) is 12.7 Å². The summed E-state index contributed by atoms with van der Waals surface area (Å²) in [6, 6.07) is 2.39. The van der Waals surface area contributed by atoms with E-state index in [4.69, 9.17) is 10.00 Å². The van der Waals surface area contributed by atoms with Crippen LogP contribution in [0.4, 0.5) is 0 Å². The zero-order valence-electron chi connectivity index (χ0n) is 10.3. The number of nitrogens with zero attached hydrogens (tertiary/aromatic N) is 1. The molecule has 0 saturated heterocycles. The Morgan fingerprint density at radius 3 is 2.94 bits per heavy atom. The third-order valence-electron chi connectivity index (χ3n) is 3.42. The van der Waals surface area contributed by atoms with Crippen LogP contribution in [-0.2, 0) is 4.74 Å². The molecule has 1 aliphatic rings. The fourth-order valence-corrected chi connectivity index (χ4v) is 2.52. The van der Waals surface area contributed by atoms with Crippen LogP contribution in [0, 0.1) is 23.2 Å². The quantitative estimate of drug-likeness (QED) is 0.506. The van der Waals surface area contributed by atoms with Crippen LogP contribution in [0.1, 0.15) is 45.4 Å². The molecule has 0 aromatic carbocycles. The van der Waals surface area contributed by atoms with Gasteiger partial charge in [0.25, 0.3) is 0 Å². The molecule has 0 N–H and O–H groups in total. The Bertz CT molecular complexity index is 244. The molecule has 2 nitrogen and oxygen atoms in total. The maximum Gasteiger partial charge on any atom is 0.0736 e. The highest BCUT2D eigenvalue weighted by Gasteiger charge is 2.30. The summed E-state index contributed by atoms with van der Waals surface area (Å²) in [5, 5.41) is 9.08. The van der Waals surface area contributed by atoms with E-state index in [0.717, 1.165) is 25.2 Å². The lowest BCUT2D eigenvalue weighted by Crippen LogP contribution is -2.31. The summed E-state index contributed by atoms with van der Waals surface area (Å²) in [5.74, 6) is 0.876. The zero-order chi connectivity index (χ0) is 11.8. The second-order valence-electron chi connectivity index (χ2n) is 4.69. The van der Waals surface area contributed by atoms with E-state index >= 15 is 0 Å². The summed E-state index contributed by atoms with van der Waals surface area (Å²) < 4.78 is 5.81. The summed E-state index contributed by atoms with van der Waals surface area (Å²) in [5.41, 5.74) is 0. The van der Waals surface area contributed by atoms with Gasteiger partial charge in [0, 0.05) is 0 Å². The minimum atomic E-state index is 0.109. The molecule has 1 fully saturated rings. The van der Waals surface area contributed by atoms with Crippen molar-refractivity contribution in [2.24, 2.45) is 11.8 Å². The van der Waals surface area contributed by atoms with E-state index in [9.17, 15) is 0 Å². The largest absolute Gasteiger partial charge is 0.377 e. The minimum Gasteiger partial charge on any atom is -0.377 e. The van der Waals surface area contributed by atoms with Gasteiger partial charge in [0.1, 0.15) is 0 Å². The zero-order valence-corrected chi connectivity index (χ0v) is 10.3. The van der Waals surface area contributed by atoms with E-state index in [-0.39, 0.29) is 12.0 Å². The van der Waals surface area contributed by atoms with Crippen LogP contribution < -0.4 is 0 Å². The Balaban J connectivity index is 2.40. The van der Waals surface area contributed by atoms with Crippen molar-refractivity contribution in [2.75, 3.05) is 6.61 Å². The number of ether oxygens (including phenoxy) is 1. The van der Waals surface area contributed by atoms with Gasteiger partial charge in [-0.2, -0.15) is 5.26 Å². The highest BCUT2D eigenvalue weighted by molar-refractivity contribution is 4.93. The summed E-state index contributed by atoms with van der Waals surface area (Å²) in [7, 11) is 0. The van der Waals surface area contributed by atoms with Gasteiger partial charge in [-0.05, 0) is 31.6 Å². The van der Waals surface area contributed by atoms with Crippen LogP contribution in [0.3, 0.4) is 0 Å². The molecule has 0 aliphatic heterocycles. The monoisotopic (exact) mass is 221 g/mol. The predicted molar refractivity (Wildman–Crippen MR) is 65.9 cm³/mol. The van der Waals surface area contributed by atoms with Crippen molar-refractivity contribution in [2.45, 2.75) is 51.6 Å². The molecule has 0 amide bonds. The van der Waals surface area contributed by atoms with Crippen molar-refractivity contribution in [3.8, 4) is 6.07 Å². The molecular weight excluding hydrogens is 198 g/mol. The molecule has 16 heavy (non-hydrogen) atoms. The first-order chi connectivity index (χ1) is 7.81. The van der Waals surface area contributed by atoms with E-state index in [2.05, 4.69) is 19.6 Å². The summed E-state index contributed by atoms with van der Waals surface area (Å²) in [6.45, 7) is 6.62. The third-order valence-corrected chi connectivity index (χ3v) is 3.42. The lowest BCUT2D eigenvalue weighted by atomic mass is 9.78. The van der Waals surface area contributed by atoms with Crippen LogP contribution in [0.2, 0.25) is 0 Å². The third kappa shape index (κ3) is 3.98. The molecule has 0 spiro atoms. The fraction of sp³-hybridized carbons (Fsp3) is 0.786. The van der Waals surface area contributed by atoms with Crippen molar-refractivity contribution < 1.29 is 4.74 Å². The van der Waals surface area contributed by atoms with Gasteiger partial charge in [0.2, 0.25) is 0 Å². The number of hydrogen-bond donors (Lipinski definition) is 0. The van der Waals surface area contributed by atoms with Crippen LogP contribution >= 0.6 is 0 Å². The second-order valence-corrected chi connectivity index (χ2v) is 4.69. The standard InChI is InChI=1S/C14H23NO/c1-3-5-9-16-14-10-12(6-4-2)7-8-13(14)11-15/h3,12-14H,1,4-10H2,2H3. The normalized spacial score (nSPS) is 29.6. The Hall–Kier alpha value is -0.810. The maximum absolute atomic E-state index is 9.08. The van der Waals surface area contributed by atoms with Gasteiger partial charge >= 0.3 is 0 Å². The Labute approximate surface area is 99.3 Å². The van der Waals surface area contributed by atoms with Crippen LogP contribution in [0.5, 0.6) is 0 Å². The molecule has 90 valence electrons. The van der Waals surface area contributed by atoms with Crippen molar-refractivity contribution >= 4 is 0 Å². The average molecular weight is 221 g/mol. The summed E-state index contributed by atoms with van der Waals surface area (Å²) >= 11 is 0. The van der Waals surface area contributed by atoms with E-state index < -0.39 is 0 Å². The lowest BCUT2D eigenvalue weighted by Gasteiger charge is -2.32. The van der Waals surface area contributed by atoms with Gasteiger partial charge in [0.15, 0.2) is 0 Å². The Kier molecular flexibility index (Phi) is 6.18. The lowest BCUT2D eigenvalue weighted by molar-refractivity contribution is -0.00857. The molecule has 0 radical (unpaired) electrons.